The molecule has 0 fully saturated rings. The molecule has 2 N–H and O–H groups in total. The van der Waals surface area contributed by atoms with Crippen molar-refractivity contribution < 1.29 is 9.90 Å². The van der Waals surface area contributed by atoms with Crippen molar-refractivity contribution in [1.82, 2.24) is 5.32 Å². The quantitative estimate of drug-likeness (QED) is 0.786. The van der Waals surface area contributed by atoms with Gasteiger partial charge in [0, 0.05) is 12.1 Å². The van der Waals surface area contributed by atoms with Gasteiger partial charge >= 0.3 is 0 Å². The van der Waals surface area contributed by atoms with Crippen LogP contribution in [0.2, 0.25) is 0 Å². The summed E-state index contributed by atoms with van der Waals surface area (Å²) in [5, 5.41) is 12.7. The molecule has 0 bridgehead atoms. The Morgan fingerprint density at radius 2 is 1.89 bits per heavy atom. The molecule has 0 spiro atoms. The van der Waals surface area contributed by atoms with Crippen LogP contribution in [0.15, 0.2) is 41.5 Å². The van der Waals surface area contributed by atoms with Gasteiger partial charge in [-0.05, 0) is 25.8 Å². The maximum Gasteiger partial charge on any atom is 0.246 e. The van der Waals surface area contributed by atoms with Gasteiger partial charge in [0.05, 0.1) is 6.10 Å². The number of benzene rings is 1. The van der Waals surface area contributed by atoms with Gasteiger partial charge in [-0.1, -0.05) is 42.8 Å². The molecule has 0 radical (unpaired) electrons. The number of hydrogen-bond donors (Lipinski definition) is 2. The third kappa shape index (κ3) is 4.00. The molecule has 0 heterocycles. The number of aliphatic hydroxyl groups excluding tert-OH is 1. The second-order valence-corrected chi connectivity index (χ2v) is 4.40. The van der Waals surface area contributed by atoms with Crippen molar-refractivity contribution in [2.45, 2.75) is 33.3 Å². The van der Waals surface area contributed by atoms with E-state index in [2.05, 4.69) is 5.32 Å². The summed E-state index contributed by atoms with van der Waals surface area (Å²) in [6, 6.07) is 9.32. The second-order valence-electron chi connectivity index (χ2n) is 4.40. The number of carbonyl (C=O) groups excluding carboxylic acids is 1. The van der Waals surface area contributed by atoms with Crippen LogP contribution in [-0.4, -0.2) is 17.6 Å². The Hall–Kier alpha value is -1.61. The van der Waals surface area contributed by atoms with Gasteiger partial charge in [0.15, 0.2) is 0 Å². The van der Waals surface area contributed by atoms with E-state index in [-0.39, 0.29) is 12.5 Å². The zero-order chi connectivity index (χ0) is 13.5. The first kappa shape index (κ1) is 14.5. The average Bonchev–Trinajstić information content (AvgIpc) is 2.43. The molecule has 0 aliphatic carbocycles. The molecule has 18 heavy (non-hydrogen) atoms. The lowest BCUT2D eigenvalue weighted by atomic mass is 10.1. The Kier molecular flexibility index (Phi) is 5.59. The summed E-state index contributed by atoms with van der Waals surface area (Å²) in [5.74, 6) is -0.107. The summed E-state index contributed by atoms with van der Waals surface area (Å²) in [4.78, 5) is 11.8. The van der Waals surface area contributed by atoms with Gasteiger partial charge in [-0.2, -0.15) is 0 Å². The molecule has 1 unspecified atom stereocenters. The van der Waals surface area contributed by atoms with Crippen LogP contribution in [0.3, 0.4) is 0 Å². The van der Waals surface area contributed by atoms with Crippen LogP contribution >= 0.6 is 0 Å². The fourth-order valence-corrected chi connectivity index (χ4v) is 1.57. The number of rotatable bonds is 5. The summed E-state index contributed by atoms with van der Waals surface area (Å²) in [6.45, 7) is 6.01. The number of carbonyl (C=O) groups is 1. The molecule has 1 aromatic rings. The zero-order valence-electron chi connectivity index (χ0n) is 11.2. The van der Waals surface area contributed by atoms with Crippen molar-refractivity contribution >= 4 is 5.91 Å². The van der Waals surface area contributed by atoms with Gasteiger partial charge in [-0.25, -0.2) is 0 Å². The smallest absolute Gasteiger partial charge is 0.246 e. The summed E-state index contributed by atoms with van der Waals surface area (Å²) in [7, 11) is 0. The Bertz CT molecular complexity index is 423. The van der Waals surface area contributed by atoms with Crippen molar-refractivity contribution in [3.05, 3.63) is 47.0 Å². The molecule has 1 atom stereocenters. The Balaban J connectivity index is 2.54. The van der Waals surface area contributed by atoms with E-state index in [0.717, 1.165) is 23.1 Å². The lowest BCUT2D eigenvalue weighted by Gasteiger charge is -2.13. The number of aliphatic hydroxyl groups is 1. The third-order valence-corrected chi connectivity index (χ3v) is 3.15. The topological polar surface area (TPSA) is 49.3 Å². The van der Waals surface area contributed by atoms with Gasteiger partial charge in [0.2, 0.25) is 5.91 Å². The zero-order valence-corrected chi connectivity index (χ0v) is 11.2. The summed E-state index contributed by atoms with van der Waals surface area (Å²) >= 11 is 0. The first-order valence-electron chi connectivity index (χ1n) is 6.23. The van der Waals surface area contributed by atoms with Crippen LogP contribution in [0.5, 0.6) is 0 Å². The summed E-state index contributed by atoms with van der Waals surface area (Å²) < 4.78 is 0. The number of nitrogens with one attached hydrogen (secondary N) is 1. The van der Waals surface area contributed by atoms with Crippen LogP contribution in [0, 0.1) is 0 Å². The van der Waals surface area contributed by atoms with E-state index in [4.69, 9.17) is 0 Å². The van der Waals surface area contributed by atoms with E-state index in [9.17, 15) is 9.90 Å². The summed E-state index contributed by atoms with van der Waals surface area (Å²) in [6.07, 6.45) is 0.199. The fourth-order valence-electron chi connectivity index (χ4n) is 1.57. The number of amides is 1. The number of allylic oxidation sites excluding steroid dienone is 1. The molecule has 1 amide bonds. The molecule has 0 saturated carbocycles. The molecular formula is C15H21NO2. The maximum atomic E-state index is 11.8. The van der Waals surface area contributed by atoms with Crippen LogP contribution in [0.25, 0.3) is 0 Å². The minimum Gasteiger partial charge on any atom is -0.387 e. The van der Waals surface area contributed by atoms with E-state index < -0.39 is 6.10 Å². The fraction of sp³-hybridized carbons (Fsp3) is 0.400. The second kappa shape index (κ2) is 6.97. The van der Waals surface area contributed by atoms with Gasteiger partial charge in [0.1, 0.15) is 0 Å². The Morgan fingerprint density at radius 1 is 1.28 bits per heavy atom. The molecule has 0 aromatic heterocycles. The van der Waals surface area contributed by atoms with Crippen LogP contribution in [0.1, 0.15) is 38.9 Å². The predicted molar refractivity (Wildman–Crippen MR) is 73.1 cm³/mol. The van der Waals surface area contributed by atoms with Crippen molar-refractivity contribution in [2.24, 2.45) is 0 Å². The maximum absolute atomic E-state index is 11.8. The number of hydrogen-bond acceptors (Lipinski definition) is 2. The van der Waals surface area contributed by atoms with Crippen molar-refractivity contribution in [3.8, 4) is 0 Å². The van der Waals surface area contributed by atoms with E-state index in [1.807, 2.05) is 51.1 Å². The van der Waals surface area contributed by atoms with E-state index in [1.165, 1.54) is 0 Å². The molecule has 3 heteroatoms. The Morgan fingerprint density at radius 3 is 2.44 bits per heavy atom. The first-order chi connectivity index (χ1) is 8.56. The SMILES string of the molecule is CC/C(C)=C(/C)C(=O)NCC(O)c1ccccc1. The first-order valence-corrected chi connectivity index (χ1v) is 6.23. The highest BCUT2D eigenvalue weighted by atomic mass is 16.3. The molecule has 1 aromatic carbocycles. The largest absolute Gasteiger partial charge is 0.387 e. The van der Waals surface area contributed by atoms with Crippen LogP contribution in [0.4, 0.5) is 0 Å². The third-order valence-electron chi connectivity index (χ3n) is 3.15. The molecule has 1 rings (SSSR count). The van der Waals surface area contributed by atoms with Crippen molar-refractivity contribution in [2.75, 3.05) is 6.54 Å². The monoisotopic (exact) mass is 247 g/mol. The van der Waals surface area contributed by atoms with Gasteiger partial charge in [0.25, 0.3) is 0 Å². The molecule has 0 saturated heterocycles. The lowest BCUT2D eigenvalue weighted by Crippen LogP contribution is -2.29. The highest BCUT2D eigenvalue weighted by Crippen LogP contribution is 2.11. The average molecular weight is 247 g/mol. The molecule has 0 aliphatic heterocycles. The van der Waals surface area contributed by atoms with E-state index >= 15 is 0 Å². The van der Waals surface area contributed by atoms with Gasteiger partial charge in [-0.15, -0.1) is 0 Å². The van der Waals surface area contributed by atoms with Crippen LogP contribution < -0.4 is 5.32 Å². The minimum atomic E-state index is -0.662. The standard InChI is InChI=1S/C15H21NO2/c1-4-11(2)12(3)15(18)16-10-14(17)13-8-6-5-7-9-13/h5-9,14,17H,4,10H2,1-3H3,(H,16,18)/b12-11-. The minimum absolute atomic E-state index is 0.107. The van der Waals surface area contributed by atoms with Gasteiger partial charge in [-0.3, -0.25) is 4.79 Å². The van der Waals surface area contributed by atoms with Crippen molar-refractivity contribution in [3.63, 3.8) is 0 Å². The highest BCUT2D eigenvalue weighted by molar-refractivity contribution is 5.93. The summed E-state index contributed by atoms with van der Waals surface area (Å²) in [5.41, 5.74) is 2.62. The normalized spacial score (nSPS) is 13.8. The lowest BCUT2D eigenvalue weighted by molar-refractivity contribution is -0.118. The molecular weight excluding hydrogens is 226 g/mol. The highest BCUT2D eigenvalue weighted by Gasteiger charge is 2.11. The van der Waals surface area contributed by atoms with E-state index in [0.29, 0.717) is 0 Å². The van der Waals surface area contributed by atoms with Crippen LogP contribution in [-0.2, 0) is 4.79 Å². The van der Waals surface area contributed by atoms with Crippen molar-refractivity contribution in [1.29, 1.82) is 0 Å². The predicted octanol–water partition coefficient (Wildman–Crippen LogP) is 2.58. The Labute approximate surface area is 109 Å². The van der Waals surface area contributed by atoms with Gasteiger partial charge < -0.3 is 10.4 Å². The van der Waals surface area contributed by atoms with E-state index in [1.54, 1.807) is 0 Å². The molecule has 0 aliphatic rings. The molecule has 3 nitrogen and oxygen atoms in total. The molecule has 98 valence electrons.